The van der Waals surface area contributed by atoms with E-state index in [1.165, 1.54) is 6.42 Å². The predicted molar refractivity (Wildman–Crippen MR) is 85.8 cm³/mol. The number of fused-ring (bicyclic) bond motifs is 1. The number of anilines is 1. The monoisotopic (exact) mass is 288 g/mol. The Balaban J connectivity index is 2.21. The van der Waals surface area contributed by atoms with Gasteiger partial charge in [-0.1, -0.05) is 0 Å². The van der Waals surface area contributed by atoms with E-state index in [1.54, 1.807) is 6.92 Å². The molecule has 5 nitrogen and oxygen atoms in total. The Morgan fingerprint density at radius 1 is 1.29 bits per heavy atom. The molecular weight excluding hydrogens is 264 g/mol. The Hall–Kier alpha value is -1.75. The van der Waals surface area contributed by atoms with Crippen LogP contribution in [0.15, 0.2) is 18.2 Å². The van der Waals surface area contributed by atoms with Gasteiger partial charge in [0.15, 0.2) is 5.82 Å². The number of benzene rings is 1. The molecule has 0 bridgehead atoms. The lowest BCUT2D eigenvalue weighted by Crippen LogP contribution is -2.51. The number of aromatic nitrogens is 2. The highest BCUT2D eigenvalue weighted by Gasteiger charge is 2.29. The van der Waals surface area contributed by atoms with Crippen molar-refractivity contribution in [2.75, 3.05) is 10.7 Å². The molecule has 21 heavy (non-hydrogen) atoms. The van der Waals surface area contributed by atoms with Crippen LogP contribution in [0.4, 0.5) is 5.69 Å². The lowest BCUT2D eigenvalue weighted by atomic mass is 10.00. The number of hydrogen-bond acceptors (Lipinski definition) is 4. The SMILES string of the molecule is CC(O)c1nc2cc(N)ccc2n1N1C(C)CCCC1C. The Labute approximate surface area is 125 Å². The predicted octanol–water partition coefficient (Wildman–Crippen LogP) is 2.57. The molecule has 2 aromatic rings. The van der Waals surface area contributed by atoms with Crippen molar-refractivity contribution in [1.29, 1.82) is 0 Å². The minimum absolute atomic E-state index is 0.432. The molecule has 3 N–H and O–H groups in total. The van der Waals surface area contributed by atoms with E-state index in [0.717, 1.165) is 23.9 Å². The maximum absolute atomic E-state index is 10.1. The fourth-order valence-electron chi connectivity index (χ4n) is 3.42. The molecule has 114 valence electrons. The van der Waals surface area contributed by atoms with Crippen LogP contribution < -0.4 is 10.7 Å². The molecule has 1 aromatic carbocycles. The highest BCUT2D eigenvalue weighted by atomic mass is 16.3. The van der Waals surface area contributed by atoms with Crippen LogP contribution in [0, 0.1) is 0 Å². The van der Waals surface area contributed by atoms with Gasteiger partial charge in [0.05, 0.1) is 11.0 Å². The zero-order valence-electron chi connectivity index (χ0n) is 13.0. The first kappa shape index (κ1) is 14.2. The van der Waals surface area contributed by atoms with Gasteiger partial charge in [-0.05, 0) is 58.2 Å². The van der Waals surface area contributed by atoms with Crippen molar-refractivity contribution in [3.8, 4) is 0 Å². The molecule has 3 rings (SSSR count). The number of rotatable bonds is 2. The molecule has 0 saturated carbocycles. The van der Waals surface area contributed by atoms with Gasteiger partial charge in [0.2, 0.25) is 0 Å². The zero-order chi connectivity index (χ0) is 15.1. The van der Waals surface area contributed by atoms with Crippen LogP contribution in [0.25, 0.3) is 11.0 Å². The van der Waals surface area contributed by atoms with Crippen LogP contribution in [0.2, 0.25) is 0 Å². The highest BCUT2D eigenvalue weighted by Crippen LogP contribution is 2.28. The first-order valence-corrected chi connectivity index (χ1v) is 7.73. The van der Waals surface area contributed by atoms with Crippen LogP contribution in [0.1, 0.15) is 52.0 Å². The van der Waals surface area contributed by atoms with Crippen LogP contribution >= 0.6 is 0 Å². The van der Waals surface area contributed by atoms with Crippen LogP contribution in [0.5, 0.6) is 0 Å². The van der Waals surface area contributed by atoms with Gasteiger partial charge in [-0.25, -0.2) is 9.66 Å². The summed E-state index contributed by atoms with van der Waals surface area (Å²) in [6.07, 6.45) is 2.97. The summed E-state index contributed by atoms with van der Waals surface area (Å²) in [4.78, 5) is 4.61. The zero-order valence-corrected chi connectivity index (χ0v) is 13.0. The summed E-state index contributed by atoms with van der Waals surface area (Å²) in [5.74, 6) is 0.691. The number of piperidine rings is 1. The maximum Gasteiger partial charge on any atom is 0.157 e. The van der Waals surface area contributed by atoms with Crippen molar-refractivity contribution in [3.05, 3.63) is 24.0 Å². The molecule has 0 radical (unpaired) electrons. The summed E-state index contributed by atoms with van der Waals surface area (Å²) < 4.78 is 2.11. The molecule has 1 aromatic heterocycles. The molecule has 0 spiro atoms. The summed E-state index contributed by atoms with van der Waals surface area (Å²) in [6, 6.07) is 6.63. The lowest BCUT2D eigenvalue weighted by Gasteiger charge is -2.42. The van der Waals surface area contributed by atoms with Crippen molar-refractivity contribution >= 4 is 16.7 Å². The van der Waals surface area contributed by atoms with E-state index >= 15 is 0 Å². The van der Waals surface area contributed by atoms with Crippen molar-refractivity contribution in [2.24, 2.45) is 0 Å². The number of nitrogen functional groups attached to an aromatic ring is 1. The largest absolute Gasteiger partial charge is 0.399 e. The average Bonchev–Trinajstić information content (AvgIpc) is 2.77. The van der Waals surface area contributed by atoms with E-state index in [-0.39, 0.29) is 0 Å². The van der Waals surface area contributed by atoms with E-state index in [1.807, 2.05) is 18.2 Å². The van der Waals surface area contributed by atoms with E-state index < -0.39 is 6.10 Å². The average molecular weight is 288 g/mol. The van der Waals surface area contributed by atoms with Crippen molar-refractivity contribution in [2.45, 2.75) is 58.2 Å². The number of hydrogen-bond donors (Lipinski definition) is 2. The summed E-state index contributed by atoms with van der Waals surface area (Å²) >= 11 is 0. The third-order valence-corrected chi connectivity index (χ3v) is 4.43. The fourth-order valence-corrected chi connectivity index (χ4v) is 3.42. The van der Waals surface area contributed by atoms with E-state index in [4.69, 9.17) is 5.73 Å². The summed E-state index contributed by atoms with van der Waals surface area (Å²) in [5, 5.41) is 12.5. The van der Waals surface area contributed by atoms with Gasteiger partial charge in [-0.15, -0.1) is 0 Å². The van der Waals surface area contributed by atoms with Gasteiger partial charge < -0.3 is 15.8 Å². The molecule has 1 fully saturated rings. The number of aliphatic hydroxyl groups excluding tert-OH is 1. The van der Waals surface area contributed by atoms with Gasteiger partial charge in [0.1, 0.15) is 6.10 Å². The van der Waals surface area contributed by atoms with Gasteiger partial charge in [-0.3, -0.25) is 0 Å². The number of nitrogens with two attached hydrogens (primary N) is 1. The normalized spacial score (nSPS) is 24.5. The first-order valence-electron chi connectivity index (χ1n) is 7.73. The Kier molecular flexibility index (Phi) is 3.53. The van der Waals surface area contributed by atoms with Gasteiger partial charge in [0, 0.05) is 17.8 Å². The minimum Gasteiger partial charge on any atom is -0.399 e. The molecule has 5 heteroatoms. The third kappa shape index (κ3) is 2.35. The lowest BCUT2D eigenvalue weighted by molar-refractivity contribution is 0.179. The Morgan fingerprint density at radius 2 is 1.95 bits per heavy atom. The third-order valence-electron chi connectivity index (χ3n) is 4.43. The van der Waals surface area contributed by atoms with E-state index in [9.17, 15) is 5.11 Å². The van der Waals surface area contributed by atoms with Gasteiger partial charge in [-0.2, -0.15) is 0 Å². The number of imidazole rings is 1. The van der Waals surface area contributed by atoms with Crippen molar-refractivity contribution in [3.63, 3.8) is 0 Å². The molecule has 1 aliphatic heterocycles. The van der Waals surface area contributed by atoms with Gasteiger partial charge in [0.25, 0.3) is 0 Å². The molecule has 3 atom stereocenters. The standard InChI is InChI=1S/C16H24N4O/c1-10-5-4-6-11(2)19(10)20-15-8-7-13(17)9-14(15)18-16(20)12(3)21/h7-12,21H,4-6,17H2,1-3H3. The topological polar surface area (TPSA) is 67.3 Å². The van der Waals surface area contributed by atoms with Crippen molar-refractivity contribution < 1.29 is 5.11 Å². The molecular formula is C16H24N4O. The fraction of sp³-hybridized carbons (Fsp3) is 0.562. The quantitative estimate of drug-likeness (QED) is 0.833. The molecule has 0 amide bonds. The molecule has 3 unspecified atom stereocenters. The Bertz CT molecular complexity index is 639. The number of aliphatic hydroxyl groups is 1. The molecule has 1 saturated heterocycles. The van der Waals surface area contributed by atoms with Crippen LogP contribution in [-0.4, -0.2) is 26.9 Å². The van der Waals surface area contributed by atoms with Crippen LogP contribution in [-0.2, 0) is 0 Å². The molecule has 1 aliphatic rings. The second-order valence-corrected chi connectivity index (χ2v) is 6.21. The van der Waals surface area contributed by atoms with E-state index in [0.29, 0.717) is 23.6 Å². The van der Waals surface area contributed by atoms with Gasteiger partial charge >= 0.3 is 0 Å². The molecule has 0 aliphatic carbocycles. The Morgan fingerprint density at radius 3 is 2.57 bits per heavy atom. The smallest absolute Gasteiger partial charge is 0.157 e. The first-order chi connectivity index (χ1) is 9.99. The van der Waals surface area contributed by atoms with E-state index in [2.05, 4.69) is 28.5 Å². The maximum atomic E-state index is 10.1. The highest BCUT2D eigenvalue weighted by molar-refractivity contribution is 5.80. The van der Waals surface area contributed by atoms with Crippen LogP contribution in [0.3, 0.4) is 0 Å². The second-order valence-electron chi connectivity index (χ2n) is 6.21. The molecule has 2 heterocycles. The number of nitrogens with zero attached hydrogens (tertiary/aromatic N) is 3. The summed E-state index contributed by atoms with van der Waals surface area (Å²) in [7, 11) is 0. The summed E-state index contributed by atoms with van der Waals surface area (Å²) in [5.41, 5.74) is 8.42. The summed E-state index contributed by atoms with van der Waals surface area (Å²) in [6.45, 7) is 6.25. The minimum atomic E-state index is -0.611. The second kappa shape index (κ2) is 5.22. The van der Waals surface area contributed by atoms with Crippen molar-refractivity contribution in [1.82, 2.24) is 9.66 Å².